The van der Waals surface area contributed by atoms with Crippen molar-refractivity contribution in [3.63, 3.8) is 0 Å². The van der Waals surface area contributed by atoms with Crippen LogP contribution in [0.2, 0.25) is 0 Å². The lowest BCUT2D eigenvalue weighted by Gasteiger charge is -2.35. The molecule has 0 aromatic carbocycles. The molecule has 0 saturated carbocycles. The lowest BCUT2D eigenvalue weighted by atomic mass is 10.1. The molecule has 2 heterocycles. The second-order valence-electron chi connectivity index (χ2n) is 3.80. The molecule has 0 radical (unpaired) electrons. The summed E-state index contributed by atoms with van der Waals surface area (Å²) in [6, 6.07) is 0.538. The Morgan fingerprint density at radius 1 is 1.54 bits per heavy atom. The minimum absolute atomic E-state index is 0.262. The highest BCUT2D eigenvalue weighted by Crippen LogP contribution is 2.14. The van der Waals surface area contributed by atoms with Crippen LogP contribution in [-0.2, 0) is 0 Å². The zero-order valence-electron chi connectivity index (χ0n) is 7.62. The first kappa shape index (κ1) is 8.77. The highest BCUT2D eigenvalue weighted by atomic mass is 16.2. The molecule has 0 bridgehead atoms. The van der Waals surface area contributed by atoms with Crippen molar-refractivity contribution >= 4 is 6.03 Å². The molecular formula is C8H16N4O. The van der Waals surface area contributed by atoms with E-state index < -0.39 is 6.03 Å². The Bertz CT molecular complexity index is 204. The van der Waals surface area contributed by atoms with Crippen LogP contribution in [0.15, 0.2) is 0 Å². The fourth-order valence-corrected chi connectivity index (χ4v) is 1.97. The second kappa shape index (κ2) is 3.51. The van der Waals surface area contributed by atoms with Gasteiger partial charge in [0.2, 0.25) is 0 Å². The third-order valence-corrected chi connectivity index (χ3v) is 2.84. The normalized spacial score (nSPS) is 30.0. The van der Waals surface area contributed by atoms with Crippen LogP contribution in [0, 0.1) is 0 Å². The van der Waals surface area contributed by atoms with E-state index in [4.69, 9.17) is 5.73 Å². The molecule has 74 valence electrons. The lowest BCUT2D eigenvalue weighted by Crippen LogP contribution is -2.57. The summed E-state index contributed by atoms with van der Waals surface area (Å²) in [6.45, 7) is 4.21. The number of rotatable bonds is 2. The number of hydrogen-bond acceptors (Lipinski definition) is 3. The van der Waals surface area contributed by atoms with Gasteiger partial charge in [0, 0.05) is 38.3 Å². The van der Waals surface area contributed by atoms with Crippen molar-refractivity contribution in [2.75, 3.05) is 26.2 Å². The Hall–Kier alpha value is -0.810. The lowest BCUT2D eigenvalue weighted by molar-refractivity contribution is 0.176. The largest absolute Gasteiger partial charge is 0.352 e. The Balaban J connectivity index is 1.76. The standard InChI is InChI=1S/C8H16N4O/c9-8(13)11-6-1-2-12(5-6)7-3-10-4-7/h6-7,10H,1-5H2,(H3,9,11,13). The Labute approximate surface area is 77.6 Å². The molecular weight excluding hydrogens is 168 g/mol. The number of amides is 2. The van der Waals surface area contributed by atoms with Crippen LogP contribution in [0.1, 0.15) is 6.42 Å². The maximum atomic E-state index is 10.6. The van der Waals surface area contributed by atoms with Crippen molar-refractivity contribution < 1.29 is 4.79 Å². The number of nitrogens with zero attached hydrogens (tertiary/aromatic N) is 1. The van der Waals surface area contributed by atoms with Gasteiger partial charge in [0.1, 0.15) is 0 Å². The first-order valence-corrected chi connectivity index (χ1v) is 4.76. The zero-order chi connectivity index (χ0) is 9.26. The maximum Gasteiger partial charge on any atom is 0.312 e. The first-order valence-electron chi connectivity index (χ1n) is 4.76. The van der Waals surface area contributed by atoms with Crippen molar-refractivity contribution in [3.05, 3.63) is 0 Å². The number of hydrogen-bond donors (Lipinski definition) is 3. The minimum atomic E-state index is -0.404. The van der Waals surface area contributed by atoms with E-state index >= 15 is 0 Å². The molecule has 2 fully saturated rings. The van der Waals surface area contributed by atoms with Crippen LogP contribution in [0.25, 0.3) is 0 Å². The average Bonchev–Trinajstić information content (AvgIpc) is 2.31. The van der Waals surface area contributed by atoms with Crippen LogP contribution in [0.3, 0.4) is 0 Å². The van der Waals surface area contributed by atoms with Crippen molar-refractivity contribution in [1.82, 2.24) is 15.5 Å². The predicted molar refractivity (Wildman–Crippen MR) is 49.4 cm³/mol. The van der Waals surface area contributed by atoms with Crippen LogP contribution in [-0.4, -0.2) is 49.2 Å². The molecule has 0 aromatic rings. The van der Waals surface area contributed by atoms with E-state index in [-0.39, 0.29) is 6.04 Å². The topological polar surface area (TPSA) is 70.4 Å². The number of nitrogens with two attached hydrogens (primary N) is 1. The summed E-state index contributed by atoms with van der Waals surface area (Å²) in [7, 11) is 0. The summed E-state index contributed by atoms with van der Waals surface area (Å²) in [4.78, 5) is 13.0. The van der Waals surface area contributed by atoms with Gasteiger partial charge in [-0.05, 0) is 6.42 Å². The third kappa shape index (κ3) is 1.92. The fourth-order valence-electron chi connectivity index (χ4n) is 1.97. The predicted octanol–water partition coefficient (Wildman–Crippen LogP) is -1.30. The van der Waals surface area contributed by atoms with E-state index in [1.807, 2.05) is 0 Å². The van der Waals surface area contributed by atoms with Gasteiger partial charge in [0.25, 0.3) is 0 Å². The highest BCUT2D eigenvalue weighted by Gasteiger charge is 2.31. The third-order valence-electron chi connectivity index (χ3n) is 2.84. The molecule has 1 atom stereocenters. The molecule has 5 heteroatoms. The summed E-state index contributed by atoms with van der Waals surface area (Å²) < 4.78 is 0. The molecule has 2 amide bonds. The molecule has 1 unspecified atom stereocenters. The van der Waals surface area contributed by atoms with Crippen molar-refractivity contribution in [2.45, 2.75) is 18.5 Å². The summed E-state index contributed by atoms with van der Waals surface area (Å²) in [6.07, 6.45) is 1.03. The molecule has 4 N–H and O–H groups in total. The SMILES string of the molecule is NC(=O)NC1CCN(C2CNC2)C1. The van der Waals surface area contributed by atoms with Gasteiger partial charge in [0.05, 0.1) is 0 Å². The van der Waals surface area contributed by atoms with Crippen molar-refractivity contribution in [2.24, 2.45) is 5.73 Å². The number of likely N-dealkylation sites (tertiary alicyclic amines) is 1. The number of carbonyl (C=O) groups excluding carboxylic acids is 1. The molecule has 2 rings (SSSR count). The van der Waals surface area contributed by atoms with Gasteiger partial charge in [0.15, 0.2) is 0 Å². The van der Waals surface area contributed by atoms with Gasteiger partial charge in [-0.3, -0.25) is 4.90 Å². The molecule has 0 spiro atoms. The number of nitrogens with one attached hydrogen (secondary N) is 2. The van der Waals surface area contributed by atoms with E-state index in [1.165, 1.54) is 0 Å². The van der Waals surface area contributed by atoms with Crippen LogP contribution >= 0.6 is 0 Å². The monoisotopic (exact) mass is 184 g/mol. The molecule has 2 aliphatic heterocycles. The molecule has 2 saturated heterocycles. The summed E-state index contributed by atoms with van der Waals surface area (Å²) in [5.41, 5.74) is 5.06. The van der Waals surface area contributed by atoms with Crippen molar-refractivity contribution in [3.8, 4) is 0 Å². The van der Waals surface area contributed by atoms with Gasteiger partial charge >= 0.3 is 6.03 Å². The van der Waals surface area contributed by atoms with Gasteiger partial charge in [-0.2, -0.15) is 0 Å². The Kier molecular flexibility index (Phi) is 2.37. The molecule has 0 aromatic heterocycles. The highest BCUT2D eigenvalue weighted by molar-refractivity contribution is 5.72. The summed E-state index contributed by atoms with van der Waals surface area (Å²) in [5, 5.41) is 5.99. The van der Waals surface area contributed by atoms with Gasteiger partial charge < -0.3 is 16.4 Å². The van der Waals surface area contributed by atoms with Gasteiger partial charge in [-0.25, -0.2) is 4.79 Å². The van der Waals surface area contributed by atoms with E-state index in [0.717, 1.165) is 32.6 Å². The maximum absolute atomic E-state index is 10.6. The van der Waals surface area contributed by atoms with Crippen LogP contribution in [0.5, 0.6) is 0 Å². The smallest absolute Gasteiger partial charge is 0.312 e. The van der Waals surface area contributed by atoms with Crippen molar-refractivity contribution in [1.29, 1.82) is 0 Å². The Morgan fingerprint density at radius 2 is 2.31 bits per heavy atom. The molecule has 5 nitrogen and oxygen atoms in total. The summed E-state index contributed by atoms with van der Waals surface area (Å²) >= 11 is 0. The summed E-state index contributed by atoms with van der Waals surface area (Å²) in [5.74, 6) is 0. The minimum Gasteiger partial charge on any atom is -0.352 e. The first-order chi connectivity index (χ1) is 6.25. The number of primary amides is 1. The fraction of sp³-hybridized carbons (Fsp3) is 0.875. The van der Waals surface area contributed by atoms with Gasteiger partial charge in [-0.1, -0.05) is 0 Å². The van der Waals surface area contributed by atoms with E-state index in [0.29, 0.717) is 6.04 Å². The second-order valence-corrected chi connectivity index (χ2v) is 3.80. The number of urea groups is 1. The van der Waals surface area contributed by atoms with Gasteiger partial charge in [-0.15, -0.1) is 0 Å². The quantitative estimate of drug-likeness (QED) is 0.499. The molecule has 0 aliphatic carbocycles. The average molecular weight is 184 g/mol. The molecule has 13 heavy (non-hydrogen) atoms. The van der Waals surface area contributed by atoms with E-state index in [1.54, 1.807) is 0 Å². The Morgan fingerprint density at radius 3 is 2.85 bits per heavy atom. The van der Waals surface area contributed by atoms with Crippen LogP contribution in [0.4, 0.5) is 4.79 Å². The van der Waals surface area contributed by atoms with Crippen LogP contribution < -0.4 is 16.4 Å². The zero-order valence-corrected chi connectivity index (χ0v) is 7.62. The number of carbonyl (C=O) groups is 1. The van der Waals surface area contributed by atoms with E-state index in [2.05, 4.69) is 15.5 Å². The molecule has 2 aliphatic rings. The van der Waals surface area contributed by atoms with E-state index in [9.17, 15) is 4.79 Å².